The van der Waals surface area contributed by atoms with Gasteiger partial charge < -0.3 is 19.6 Å². The molecular weight excluding hydrogens is 550 g/mol. The van der Waals surface area contributed by atoms with E-state index in [4.69, 9.17) is 11.6 Å². The van der Waals surface area contributed by atoms with Crippen LogP contribution in [0, 0.1) is 0 Å². The molecule has 0 fully saturated rings. The average molecular weight is 576 g/mol. The van der Waals surface area contributed by atoms with Crippen LogP contribution < -0.4 is 10.9 Å². The van der Waals surface area contributed by atoms with Gasteiger partial charge in [-0.25, -0.2) is 4.98 Å². The molecule has 0 aliphatic rings. The van der Waals surface area contributed by atoms with Crippen LogP contribution in [0.25, 0.3) is 22.0 Å². The van der Waals surface area contributed by atoms with Crippen LogP contribution in [0.4, 0.5) is 5.69 Å². The van der Waals surface area contributed by atoms with Crippen molar-refractivity contribution < 1.29 is 9.90 Å². The summed E-state index contributed by atoms with van der Waals surface area (Å²) >= 11 is 6.30. The SMILES string of the molecule is Cn1cncc1C(O)(c1ccc(C(=O)Nc2ccncc2)cc1)c1ccc2c(c1)c(-c1cccc(Cl)c1)cc(=O)n2C. The summed E-state index contributed by atoms with van der Waals surface area (Å²) in [6.07, 6.45) is 6.45. The predicted molar refractivity (Wildman–Crippen MR) is 164 cm³/mol. The predicted octanol–water partition coefficient (Wildman–Crippen LogP) is 5.52. The maximum absolute atomic E-state index is 12.9. The zero-order chi connectivity index (χ0) is 29.4. The number of aliphatic hydroxyl groups is 1. The summed E-state index contributed by atoms with van der Waals surface area (Å²) in [5.41, 5.74) is 3.10. The second-order valence-corrected chi connectivity index (χ2v) is 10.5. The molecule has 0 spiro atoms. The first kappa shape index (κ1) is 27.1. The number of amides is 1. The van der Waals surface area contributed by atoms with Gasteiger partial charge in [-0.3, -0.25) is 14.6 Å². The second kappa shape index (κ2) is 10.7. The van der Waals surface area contributed by atoms with Gasteiger partial charge in [-0.1, -0.05) is 41.9 Å². The number of aryl methyl sites for hydroxylation is 2. The molecule has 0 aliphatic carbocycles. The van der Waals surface area contributed by atoms with Gasteiger partial charge in [-0.05, 0) is 70.8 Å². The molecule has 208 valence electrons. The summed E-state index contributed by atoms with van der Waals surface area (Å²) < 4.78 is 3.33. The lowest BCUT2D eigenvalue weighted by Gasteiger charge is -2.30. The first-order valence-electron chi connectivity index (χ1n) is 13.2. The van der Waals surface area contributed by atoms with Crippen molar-refractivity contribution >= 4 is 34.1 Å². The van der Waals surface area contributed by atoms with E-state index in [1.807, 2.05) is 37.4 Å². The Hall–Kier alpha value is -5.05. The van der Waals surface area contributed by atoms with Gasteiger partial charge in [0.1, 0.15) is 0 Å². The highest BCUT2D eigenvalue weighted by atomic mass is 35.5. The van der Waals surface area contributed by atoms with Gasteiger partial charge in [0.2, 0.25) is 0 Å². The molecule has 9 heteroatoms. The second-order valence-electron chi connectivity index (χ2n) is 10.1. The number of imidazole rings is 1. The first-order valence-corrected chi connectivity index (χ1v) is 13.5. The summed E-state index contributed by atoms with van der Waals surface area (Å²) in [6.45, 7) is 0. The summed E-state index contributed by atoms with van der Waals surface area (Å²) in [7, 11) is 3.53. The summed E-state index contributed by atoms with van der Waals surface area (Å²) in [5.74, 6) is -0.283. The number of hydrogen-bond acceptors (Lipinski definition) is 5. The number of fused-ring (bicyclic) bond motifs is 1. The summed E-state index contributed by atoms with van der Waals surface area (Å²) in [5, 5.41) is 16.8. The van der Waals surface area contributed by atoms with Gasteiger partial charge >= 0.3 is 0 Å². The van der Waals surface area contributed by atoms with Crippen LogP contribution in [0.2, 0.25) is 5.02 Å². The van der Waals surface area contributed by atoms with Gasteiger partial charge in [0.25, 0.3) is 11.5 Å². The van der Waals surface area contributed by atoms with Crippen molar-refractivity contribution in [1.82, 2.24) is 19.1 Å². The van der Waals surface area contributed by atoms with E-state index < -0.39 is 5.60 Å². The van der Waals surface area contributed by atoms with Crippen LogP contribution in [0.5, 0.6) is 0 Å². The molecule has 0 radical (unpaired) electrons. The molecule has 6 rings (SSSR count). The number of hydrogen-bond donors (Lipinski definition) is 2. The maximum Gasteiger partial charge on any atom is 0.255 e. The van der Waals surface area contributed by atoms with Crippen molar-refractivity contribution in [2.45, 2.75) is 5.60 Å². The minimum absolute atomic E-state index is 0.159. The molecule has 0 bridgehead atoms. The molecule has 42 heavy (non-hydrogen) atoms. The van der Waals surface area contributed by atoms with Crippen molar-refractivity contribution in [3.8, 4) is 11.1 Å². The molecular formula is C33H26ClN5O3. The van der Waals surface area contributed by atoms with Crippen LogP contribution >= 0.6 is 11.6 Å². The third-order valence-corrected chi connectivity index (χ3v) is 7.73. The normalized spacial score (nSPS) is 12.7. The molecule has 1 amide bonds. The van der Waals surface area contributed by atoms with E-state index in [0.717, 1.165) is 10.9 Å². The number of benzene rings is 3. The van der Waals surface area contributed by atoms with E-state index in [0.29, 0.717) is 44.2 Å². The number of anilines is 1. The average Bonchev–Trinajstić information content (AvgIpc) is 3.45. The van der Waals surface area contributed by atoms with E-state index in [9.17, 15) is 14.7 Å². The number of pyridine rings is 2. The zero-order valence-corrected chi connectivity index (χ0v) is 23.6. The lowest BCUT2D eigenvalue weighted by atomic mass is 9.82. The van der Waals surface area contributed by atoms with Gasteiger partial charge in [0.15, 0.2) is 5.60 Å². The number of aromatic nitrogens is 4. The number of carbonyl (C=O) groups excluding carboxylic acids is 1. The lowest BCUT2D eigenvalue weighted by molar-refractivity contribution is 0.102. The quantitative estimate of drug-likeness (QED) is 0.272. The van der Waals surface area contributed by atoms with Gasteiger partial charge in [-0.15, -0.1) is 0 Å². The summed E-state index contributed by atoms with van der Waals surface area (Å²) in [6, 6.07) is 24.7. The van der Waals surface area contributed by atoms with E-state index in [1.54, 1.807) is 95.7 Å². The van der Waals surface area contributed by atoms with Gasteiger partial charge in [-0.2, -0.15) is 0 Å². The van der Waals surface area contributed by atoms with Crippen LogP contribution in [-0.4, -0.2) is 30.1 Å². The molecule has 1 unspecified atom stereocenters. The molecule has 1 atom stereocenters. The Balaban J connectivity index is 1.50. The Bertz CT molecular complexity index is 2000. The minimum Gasteiger partial charge on any atom is -0.374 e. The molecule has 0 saturated carbocycles. The minimum atomic E-state index is -1.64. The van der Waals surface area contributed by atoms with Crippen LogP contribution in [0.15, 0.2) is 115 Å². The topological polar surface area (TPSA) is 102 Å². The molecule has 3 aromatic carbocycles. The van der Waals surface area contributed by atoms with Crippen LogP contribution in [0.3, 0.4) is 0 Å². The van der Waals surface area contributed by atoms with Crippen molar-refractivity contribution in [1.29, 1.82) is 0 Å². The van der Waals surface area contributed by atoms with E-state index in [2.05, 4.69) is 15.3 Å². The number of nitrogens with one attached hydrogen (secondary N) is 1. The largest absolute Gasteiger partial charge is 0.374 e. The first-order chi connectivity index (χ1) is 20.3. The van der Waals surface area contributed by atoms with Crippen molar-refractivity contribution in [2.24, 2.45) is 14.1 Å². The molecule has 3 aromatic heterocycles. The third kappa shape index (κ3) is 4.76. The fraction of sp³-hybridized carbons (Fsp3) is 0.0909. The molecule has 0 aliphatic heterocycles. The van der Waals surface area contributed by atoms with Crippen LogP contribution in [0.1, 0.15) is 27.2 Å². The Kier molecular flexibility index (Phi) is 6.94. The number of rotatable bonds is 6. The Morgan fingerprint density at radius 3 is 2.33 bits per heavy atom. The van der Waals surface area contributed by atoms with Crippen molar-refractivity contribution in [3.63, 3.8) is 0 Å². The molecule has 6 aromatic rings. The fourth-order valence-corrected chi connectivity index (χ4v) is 5.44. The van der Waals surface area contributed by atoms with E-state index >= 15 is 0 Å². The maximum atomic E-state index is 12.9. The van der Waals surface area contributed by atoms with Crippen LogP contribution in [-0.2, 0) is 19.7 Å². The number of halogens is 1. The highest BCUT2D eigenvalue weighted by Gasteiger charge is 2.37. The molecule has 0 saturated heterocycles. The smallest absolute Gasteiger partial charge is 0.255 e. The molecule has 3 heterocycles. The van der Waals surface area contributed by atoms with E-state index in [-0.39, 0.29) is 11.5 Å². The lowest BCUT2D eigenvalue weighted by Crippen LogP contribution is -2.31. The number of nitrogens with zero attached hydrogens (tertiary/aromatic N) is 4. The highest BCUT2D eigenvalue weighted by Crippen LogP contribution is 2.39. The Labute approximate surface area is 246 Å². The zero-order valence-electron chi connectivity index (χ0n) is 22.8. The standard InChI is InChI=1S/C33H26ClN5O3/c1-38-20-36-19-30(38)33(42,23-8-6-21(7-9-23)32(41)37-26-12-14-35-15-13-26)24-10-11-29-28(17-24)27(18-31(40)39(29)2)22-4-3-5-25(34)16-22/h3-20,42H,1-2H3,(H,35,37,41). The highest BCUT2D eigenvalue weighted by molar-refractivity contribution is 6.30. The number of carbonyl (C=O) groups is 1. The van der Waals surface area contributed by atoms with Crippen molar-refractivity contribution in [3.05, 3.63) is 148 Å². The monoisotopic (exact) mass is 575 g/mol. The van der Waals surface area contributed by atoms with E-state index in [1.165, 1.54) is 0 Å². The Morgan fingerprint density at radius 2 is 1.64 bits per heavy atom. The van der Waals surface area contributed by atoms with Gasteiger partial charge in [0.05, 0.1) is 23.7 Å². The van der Waals surface area contributed by atoms with Gasteiger partial charge in [0, 0.05) is 54.2 Å². The molecule has 8 nitrogen and oxygen atoms in total. The fourth-order valence-electron chi connectivity index (χ4n) is 5.25. The summed E-state index contributed by atoms with van der Waals surface area (Å²) in [4.78, 5) is 34.0. The molecule has 2 N–H and O–H groups in total. The van der Waals surface area contributed by atoms with Crippen molar-refractivity contribution in [2.75, 3.05) is 5.32 Å². The third-order valence-electron chi connectivity index (χ3n) is 7.49. The Morgan fingerprint density at radius 1 is 0.905 bits per heavy atom.